The van der Waals surface area contributed by atoms with Gasteiger partial charge in [-0.05, 0) is 63.5 Å². The van der Waals surface area contributed by atoms with Crippen LogP contribution in [0.15, 0.2) is 18.2 Å². The van der Waals surface area contributed by atoms with Crippen molar-refractivity contribution in [1.82, 2.24) is 15.1 Å². The van der Waals surface area contributed by atoms with E-state index in [0.717, 1.165) is 44.9 Å². The van der Waals surface area contributed by atoms with Gasteiger partial charge in [-0.2, -0.15) is 0 Å². The number of ether oxygens (including phenoxy) is 1. The number of benzene rings is 1. The Morgan fingerprint density at radius 3 is 2.56 bits per heavy atom. The number of hydrogen-bond donors (Lipinski definition) is 1. The van der Waals surface area contributed by atoms with E-state index in [9.17, 15) is 4.79 Å². The first-order valence-corrected chi connectivity index (χ1v) is 9.42. The number of aryl methyl sites for hydroxylation is 2. The number of rotatable bonds is 8. The van der Waals surface area contributed by atoms with Crippen LogP contribution >= 0.6 is 0 Å². The van der Waals surface area contributed by atoms with Crippen molar-refractivity contribution < 1.29 is 9.53 Å². The second-order valence-corrected chi connectivity index (χ2v) is 7.05. The van der Waals surface area contributed by atoms with Gasteiger partial charge in [-0.1, -0.05) is 13.0 Å². The number of likely N-dealkylation sites (N-methyl/N-ethyl adjacent to an activating group) is 1. The number of nitrogens with one attached hydrogen (secondary N) is 1. The van der Waals surface area contributed by atoms with Gasteiger partial charge in [0, 0.05) is 32.7 Å². The van der Waals surface area contributed by atoms with Gasteiger partial charge in [0.25, 0.3) is 5.91 Å². The Bertz CT molecular complexity index is 554. The molecule has 0 unspecified atom stereocenters. The van der Waals surface area contributed by atoms with E-state index in [1.165, 1.54) is 11.1 Å². The molecule has 0 radical (unpaired) electrons. The summed E-state index contributed by atoms with van der Waals surface area (Å²) < 4.78 is 5.89. The molecule has 1 atom stereocenters. The largest absolute Gasteiger partial charge is 0.481 e. The summed E-state index contributed by atoms with van der Waals surface area (Å²) in [5.74, 6) is 0.752. The molecule has 0 aromatic heterocycles. The lowest BCUT2D eigenvalue weighted by Crippen LogP contribution is -2.45. The molecule has 2 rings (SSSR count). The van der Waals surface area contributed by atoms with Gasteiger partial charge in [-0.25, -0.2) is 0 Å². The molecule has 0 bridgehead atoms. The molecule has 5 heteroatoms. The molecule has 1 aromatic carbocycles. The van der Waals surface area contributed by atoms with Crippen LogP contribution in [0.4, 0.5) is 0 Å². The molecule has 1 amide bonds. The Morgan fingerprint density at radius 2 is 1.92 bits per heavy atom. The van der Waals surface area contributed by atoms with Crippen LogP contribution in [0.1, 0.15) is 30.9 Å². The summed E-state index contributed by atoms with van der Waals surface area (Å²) in [4.78, 5) is 17.2. The minimum atomic E-state index is -0.425. The van der Waals surface area contributed by atoms with E-state index in [1.54, 1.807) is 0 Å². The van der Waals surface area contributed by atoms with Crippen molar-refractivity contribution in [2.75, 3.05) is 46.3 Å². The lowest BCUT2D eigenvalue weighted by molar-refractivity contribution is -0.128. The first-order chi connectivity index (χ1) is 12.0. The molecule has 1 aliphatic heterocycles. The van der Waals surface area contributed by atoms with E-state index in [2.05, 4.69) is 36.0 Å². The molecule has 0 saturated carbocycles. The van der Waals surface area contributed by atoms with Crippen molar-refractivity contribution in [3.05, 3.63) is 29.3 Å². The minimum Gasteiger partial charge on any atom is -0.481 e. The van der Waals surface area contributed by atoms with E-state index in [1.807, 2.05) is 25.1 Å². The Labute approximate surface area is 152 Å². The molecular formula is C20H33N3O2. The van der Waals surface area contributed by atoms with Gasteiger partial charge in [0.05, 0.1) is 0 Å². The van der Waals surface area contributed by atoms with Crippen LogP contribution in [0.2, 0.25) is 0 Å². The quantitative estimate of drug-likeness (QED) is 0.733. The van der Waals surface area contributed by atoms with Gasteiger partial charge < -0.3 is 19.9 Å². The fourth-order valence-corrected chi connectivity index (χ4v) is 2.97. The number of piperazine rings is 1. The molecule has 0 spiro atoms. The van der Waals surface area contributed by atoms with Crippen LogP contribution < -0.4 is 10.1 Å². The van der Waals surface area contributed by atoms with Gasteiger partial charge >= 0.3 is 0 Å². The highest BCUT2D eigenvalue weighted by Crippen LogP contribution is 2.18. The average Bonchev–Trinajstić information content (AvgIpc) is 2.61. The normalized spacial score (nSPS) is 17.3. The highest BCUT2D eigenvalue weighted by Gasteiger charge is 2.18. The first-order valence-electron chi connectivity index (χ1n) is 9.42. The Balaban J connectivity index is 1.71. The fraction of sp³-hybridized carbons (Fsp3) is 0.650. The van der Waals surface area contributed by atoms with E-state index >= 15 is 0 Å². The molecule has 1 saturated heterocycles. The van der Waals surface area contributed by atoms with Crippen molar-refractivity contribution in [3.63, 3.8) is 0 Å². The smallest absolute Gasteiger partial charge is 0.261 e. The van der Waals surface area contributed by atoms with Crippen molar-refractivity contribution in [2.45, 2.75) is 39.7 Å². The van der Waals surface area contributed by atoms with Crippen molar-refractivity contribution in [1.29, 1.82) is 0 Å². The molecule has 0 aliphatic carbocycles. The topological polar surface area (TPSA) is 44.8 Å². The highest BCUT2D eigenvalue weighted by atomic mass is 16.5. The van der Waals surface area contributed by atoms with Crippen LogP contribution in [-0.4, -0.2) is 68.1 Å². The van der Waals surface area contributed by atoms with Crippen LogP contribution in [0.3, 0.4) is 0 Å². The molecule has 5 nitrogen and oxygen atoms in total. The van der Waals surface area contributed by atoms with Gasteiger partial charge in [-0.15, -0.1) is 0 Å². The maximum atomic E-state index is 12.4. The predicted molar refractivity (Wildman–Crippen MR) is 102 cm³/mol. The number of nitrogens with zero attached hydrogens (tertiary/aromatic N) is 2. The lowest BCUT2D eigenvalue weighted by Gasteiger charge is -2.32. The Kier molecular flexibility index (Phi) is 7.72. The third-order valence-corrected chi connectivity index (χ3v) is 4.97. The molecule has 1 heterocycles. The second kappa shape index (κ2) is 9.78. The molecule has 25 heavy (non-hydrogen) atoms. The Morgan fingerprint density at radius 1 is 1.20 bits per heavy atom. The van der Waals surface area contributed by atoms with Crippen LogP contribution in [-0.2, 0) is 4.79 Å². The van der Waals surface area contributed by atoms with Crippen LogP contribution in [0.5, 0.6) is 5.75 Å². The van der Waals surface area contributed by atoms with Gasteiger partial charge in [0.15, 0.2) is 6.10 Å². The summed E-state index contributed by atoms with van der Waals surface area (Å²) >= 11 is 0. The van der Waals surface area contributed by atoms with Crippen LogP contribution in [0.25, 0.3) is 0 Å². The summed E-state index contributed by atoms with van der Waals surface area (Å²) in [5.41, 5.74) is 2.41. The second-order valence-electron chi connectivity index (χ2n) is 7.05. The Hall–Kier alpha value is -1.59. The van der Waals surface area contributed by atoms with E-state index in [-0.39, 0.29) is 5.91 Å². The number of hydrogen-bond acceptors (Lipinski definition) is 4. The van der Waals surface area contributed by atoms with Crippen molar-refractivity contribution in [2.24, 2.45) is 0 Å². The average molecular weight is 348 g/mol. The molecular weight excluding hydrogens is 314 g/mol. The zero-order chi connectivity index (χ0) is 18.2. The molecule has 140 valence electrons. The number of carbonyl (C=O) groups is 1. The highest BCUT2D eigenvalue weighted by molar-refractivity contribution is 5.81. The fourth-order valence-electron chi connectivity index (χ4n) is 2.97. The molecule has 1 N–H and O–H groups in total. The lowest BCUT2D eigenvalue weighted by atomic mass is 10.1. The molecule has 1 aliphatic rings. The first kappa shape index (κ1) is 19.7. The van der Waals surface area contributed by atoms with E-state index in [0.29, 0.717) is 13.0 Å². The van der Waals surface area contributed by atoms with Gasteiger partial charge in [0.1, 0.15) is 5.75 Å². The minimum absolute atomic E-state index is 0.0147. The summed E-state index contributed by atoms with van der Waals surface area (Å²) in [6, 6.07) is 5.97. The summed E-state index contributed by atoms with van der Waals surface area (Å²) in [6.45, 7) is 12.4. The van der Waals surface area contributed by atoms with E-state index < -0.39 is 6.10 Å². The summed E-state index contributed by atoms with van der Waals surface area (Å²) in [5, 5.41) is 3.03. The molecule has 1 aromatic rings. The SMILES string of the molecule is CC[C@H](Oc1ccc(C)c(C)c1)C(=O)NCCCN1CCN(C)CC1. The van der Waals surface area contributed by atoms with Gasteiger partial charge in [0.2, 0.25) is 0 Å². The van der Waals surface area contributed by atoms with Crippen molar-refractivity contribution in [3.8, 4) is 5.75 Å². The van der Waals surface area contributed by atoms with E-state index in [4.69, 9.17) is 4.74 Å². The number of amides is 1. The zero-order valence-electron chi connectivity index (χ0n) is 16.2. The summed E-state index contributed by atoms with van der Waals surface area (Å²) in [7, 11) is 2.16. The maximum Gasteiger partial charge on any atom is 0.261 e. The van der Waals surface area contributed by atoms with Crippen molar-refractivity contribution >= 4 is 5.91 Å². The molecule has 1 fully saturated rings. The summed E-state index contributed by atoms with van der Waals surface area (Å²) in [6.07, 6.45) is 1.22. The zero-order valence-corrected chi connectivity index (χ0v) is 16.2. The number of carbonyl (C=O) groups excluding carboxylic acids is 1. The third-order valence-electron chi connectivity index (χ3n) is 4.97. The monoisotopic (exact) mass is 347 g/mol. The standard InChI is InChI=1S/C20H33N3O2/c1-5-19(25-18-8-7-16(2)17(3)15-18)20(24)21-9-6-10-23-13-11-22(4)12-14-23/h7-8,15,19H,5-6,9-14H2,1-4H3,(H,21,24)/t19-/m0/s1. The maximum absolute atomic E-state index is 12.4. The third kappa shape index (κ3) is 6.33. The predicted octanol–water partition coefficient (Wildman–Crippen LogP) is 2.21. The van der Waals surface area contributed by atoms with Crippen LogP contribution in [0, 0.1) is 13.8 Å². The van der Waals surface area contributed by atoms with Gasteiger partial charge in [-0.3, -0.25) is 4.79 Å².